The van der Waals surface area contributed by atoms with Gasteiger partial charge in [-0.1, -0.05) is 35.9 Å². The van der Waals surface area contributed by atoms with Gasteiger partial charge < -0.3 is 10.1 Å². The Bertz CT molecular complexity index is 951. The van der Waals surface area contributed by atoms with Crippen molar-refractivity contribution < 1.29 is 22.8 Å². The molecule has 1 aliphatic rings. The standard InChI is InChI=1S/C21H26N2O5S/c1-27-19-8-4-3-7-18(19)21(13-5-6-14-21)15-22-20(24)16-9-11-17(12-10-16)29(25,26)23-28-2/h3-4,7-12,23H,5-6,13-15H2,1-2H3,(H,22,24). The van der Waals surface area contributed by atoms with Gasteiger partial charge in [0.25, 0.3) is 15.9 Å². The zero-order valence-corrected chi connectivity index (χ0v) is 17.4. The molecule has 0 saturated heterocycles. The molecule has 1 aliphatic carbocycles. The Balaban J connectivity index is 1.75. The molecule has 2 aromatic rings. The van der Waals surface area contributed by atoms with Gasteiger partial charge in [0, 0.05) is 23.1 Å². The van der Waals surface area contributed by atoms with Crippen LogP contribution in [0.3, 0.4) is 0 Å². The molecule has 0 spiro atoms. The molecule has 2 aromatic carbocycles. The summed E-state index contributed by atoms with van der Waals surface area (Å²) in [5.41, 5.74) is 1.36. The molecule has 7 nitrogen and oxygen atoms in total. The first-order valence-electron chi connectivity index (χ1n) is 9.48. The molecular formula is C21H26N2O5S. The van der Waals surface area contributed by atoms with E-state index in [1.807, 2.05) is 23.1 Å². The average molecular weight is 419 g/mol. The summed E-state index contributed by atoms with van der Waals surface area (Å²) in [6.45, 7) is 0.498. The monoisotopic (exact) mass is 418 g/mol. The number of rotatable bonds is 8. The second-order valence-corrected chi connectivity index (χ2v) is 8.83. The predicted molar refractivity (Wildman–Crippen MR) is 109 cm³/mol. The van der Waals surface area contributed by atoms with E-state index in [4.69, 9.17) is 4.74 Å². The van der Waals surface area contributed by atoms with Crippen molar-refractivity contribution in [1.29, 1.82) is 0 Å². The van der Waals surface area contributed by atoms with E-state index in [1.54, 1.807) is 7.11 Å². The van der Waals surface area contributed by atoms with E-state index in [0.29, 0.717) is 12.1 Å². The van der Waals surface area contributed by atoms with Crippen LogP contribution in [0.2, 0.25) is 0 Å². The molecule has 0 unspecified atom stereocenters. The molecule has 29 heavy (non-hydrogen) atoms. The van der Waals surface area contributed by atoms with Crippen molar-refractivity contribution >= 4 is 15.9 Å². The third-order valence-electron chi connectivity index (χ3n) is 5.45. The average Bonchev–Trinajstić information content (AvgIpc) is 3.22. The summed E-state index contributed by atoms with van der Waals surface area (Å²) in [5, 5.41) is 3.03. The maximum atomic E-state index is 12.7. The van der Waals surface area contributed by atoms with E-state index in [-0.39, 0.29) is 16.2 Å². The third-order valence-corrected chi connectivity index (χ3v) is 6.73. The highest BCUT2D eigenvalue weighted by Crippen LogP contribution is 2.44. The summed E-state index contributed by atoms with van der Waals surface area (Å²) >= 11 is 0. The first kappa shape index (κ1) is 21.3. The lowest BCUT2D eigenvalue weighted by molar-refractivity contribution is 0.0942. The molecule has 0 heterocycles. The van der Waals surface area contributed by atoms with E-state index in [0.717, 1.165) is 37.0 Å². The molecule has 1 amide bonds. The van der Waals surface area contributed by atoms with Gasteiger partial charge in [0.05, 0.1) is 19.1 Å². The molecule has 0 bridgehead atoms. The Morgan fingerprint density at radius 3 is 2.31 bits per heavy atom. The van der Waals surface area contributed by atoms with Gasteiger partial charge in [-0.25, -0.2) is 8.42 Å². The molecule has 1 saturated carbocycles. The van der Waals surface area contributed by atoms with Crippen molar-refractivity contribution in [3.63, 3.8) is 0 Å². The Morgan fingerprint density at radius 1 is 1.03 bits per heavy atom. The summed E-state index contributed by atoms with van der Waals surface area (Å²) < 4.78 is 29.4. The van der Waals surface area contributed by atoms with Crippen molar-refractivity contribution in [1.82, 2.24) is 10.2 Å². The Kier molecular flexibility index (Phi) is 6.56. The van der Waals surface area contributed by atoms with Crippen LogP contribution in [0.1, 0.15) is 41.6 Å². The molecule has 0 atom stereocenters. The highest BCUT2D eigenvalue weighted by Gasteiger charge is 2.38. The van der Waals surface area contributed by atoms with E-state index >= 15 is 0 Å². The maximum Gasteiger partial charge on any atom is 0.262 e. The molecule has 1 fully saturated rings. The lowest BCUT2D eigenvalue weighted by Crippen LogP contribution is -2.39. The number of amides is 1. The van der Waals surface area contributed by atoms with Crippen molar-refractivity contribution in [3.05, 3.63) is 59.7 Å². The summed E-state index contributed by atoms with van der Waals surface area (Å²) in [5.74, 6) is 0.596. The van der Waals surface area contributed by atoms with Crippen LogP contribution in [0.25, 0.3) is 0 Å². The van der Waals surface area contributed by atoms with E-state index in [1.165, 1.54) is 31.4 Å². The molecule has 156 valence electrons. The van der Waals surface area contributed by atoms with Gasteiger partial charge in [0.15, 0.2) is 0 Å². The Hall–Kier alpha value is -2.42. The number of sulfonamides is 1. The van der Waals surface area contributed by atoms with Crippen LogP contribution in [-0.4, -0.2) is 35.1 Å². The van der Waals surface area contributed by atoms with Crippen LogP contribution in [0.5, 0.6) is 5.75 Å². The topological polar surface area (TPSA) is 93.7 Å². The minimum atomic E-state index is -3.75. The van der Waals surface area contributed by atoms with Gasteiger partial charge in [-0.3, -0.25) is 9.63 Å². The molecular weight excluding hydrogens is 392 g/mol. The van der Waals surface area contributed by atoms with E-state index in [2.05, 4.69) is 16.2 Å². The molecule has 3 rings (SSSR count). The number of hydrogen-bond donors (Lipinski definition) is 2. The van der Waals surface area contributed by atoms with Crippen molar-refractivity contribution in [2.24, 2.45) is 0 Å². The lowest BCUT2D eigenvalue weighted by atomic mass is 9.78. The van der Waals surface area contributed by atoms with Gasteiger partial charge in [0.1, 0.15) is 5.75 Å². The zero-order valence-electron chi connectivity index (χ0n) is 16.6. The number of benzene rings is 2. The van der Waals surface area contributed by atoms with Crippen LogP contribution in [0.4, 0.5) is 0 Å². The van der Waals surface area contributed by atoms with Crippen molar-refractivity contribution in [2.45, 2.75) is 36.0 Å². The first-order valence-corrected chi connectivity index (χ1v) is 11.0. The van der Waals surface area contributed by atoms with E-state index < -0.39 is 10.0 Å². The molecule has 2 N–H and O–H groups in total. The summed E-state index contributed by atoms with van der Waals surface area (Å²) in [6, 6.07) is 13.7. The van der Waals surface area contributed by atoms with Crippen molar-refractivity contribution in [3.8, 4) is 5.75 Å². The fourth-order valence-corrected chi connectivity index (χ4v) is 4.78. The van der Waals surface area contributed by atoms with Crippen LogP contribution in [0, 0.1) is 0 Å². The van der Waals surface area contributed by atoms with Crippen LogP contribution in [0.15, 0.2) is 53.4 Å². The third kappa shape index (κ3) is 4.60. The maximum absolute atomic E-state index is 12.7. The highest BCUT2D eigenvalue weighted by atomic mass is 32.2. The van der Waals surface area contributed by atoms with Gasteiger partial charge in [-0.2, -0.15) is 0 Å². The summed E-state index contributed by atoms with van der Waals surface area (Å²) in [6.07, 6.45) is 4.17. The predicted octanol–water partition coefficient (Wildman–Crippen LogP) is 2.78. The normalized spacial score (nSPS) is 15.8. The quantitative estimate of drug-likeness (QED) is 0.643. The number of nitrogens with one attached hydrogen (secondary N) is 2. The molecule has 0 radical (unpaired) electrons. The minimum absolute atomic E-state index is 0.0252. The number of carbonyl (C=O) groups is 1. The number of carbonyl (C=O) groups excluding carboxylic acids is 1. The minimum Gasteiger partial charge on any atom is -0.496 e. The lowest BCUT2D eigenvalue weighted by Gasteiger charge is -2.31. The second-order valence-electron chi connectivity index (χ2n) is 7.19. The van der Waals surface area contributed by atoms with Gasteiger partial charge in [0.2, 0.25) is 0 Å². The SMILES string of the molecule is CONS(=O)(=O)c1ccc(C(=O)NCC2(c3ccccc3OC)CCCC2)cc1. The number of ether oxygens (including phenoxy) is 1. The molecule has 0 aromatic heterocycles. The van der Waals surface area contributed by atoms with Gasteiger partial charge >= 0.3 is 0 Å². The van der Waals surface area contributed by atoms with Crippen LogP contribution in [-0.2, 0) is 20.3 Å². The van der Waals surface area contributed by atoms with Gasteiger partial charge in [-0.15, -0.1) is 0 Å². The van der Waals surface area contributed by atoms with Crippen LogP contribution >= 0.6 is 0 Å². The summed E-state index contributed by atoms with van der Waals surface area (Å²) in [4.78, 5) is 19.1. The van der Waals surface area contributed by atoms with E-state index in [9.17, 15) is 13.2 Å². The molecule has 8 heteroatoms. The fourth-order valence-electron chi connectivity index (χ4n) is 3.97. The zero-order chi connectivity index (χ0) is 20.9. The van der Waals surface area contributed by atoms with Crippen molar-refractivity contribution in [2.75, 3.05) is 20.8 Å². The number of hydrogen-bond acceptors (Lipinski definition) is 5. The number of methoxy groups -OCH3 is 1. The highest BCUT2D eigenvalue weighted by molar-refractivity contribution is 7.89. The Labute approximate surface area is 171 Å². The fraction of sp³-hybridized carbons (Fsp3) is 0.381. The van der Waals surface area contributed by atoms with Gasteiger partial charge in [-0.05, 0) is 43.2 Å². The van der Waals surface area contributed by atoms with Crippen LogP contribution < -0.4 is 14.9 Å². The smallest absolute Gasteiger partial charge is 0.262 e. The largest absolute Gasteiger partial charge is 0.496 e. The second kappa shape index (κ2) is 8.94. The Morgan fingerprint density at radius 2 is 1.69 bits per heavy atom. The molecule has 0 aliphatic heterocycles. The first-order chi connectivity index (χ1) is 13.9. The summed E-state index contributed by atoms with van der Waals surface area (Å²) in [7, 11) is -0.867. The number of para-hydroxylation sites is 1.